The van der Waals surface area contributed by atoms with Gasteiger partial charge in [0.15, 0.2) is 5.13 Å². The number of aliphatic carboxylic acids is 1. The Bertz CT molecular complexity index is 477. The molecule has 1 atom stereocenters. The third-order valence-corrected chi connectivity index (χ3v) is 3.10. The number of aromatic nitrogens is 1. The minimum absolute atomic E-state index is 0.294. The predicted octanol–water partition coefficient (Wildman–Crippen LogP) is 0.356. The summed E-state index contributed by atoms with van der Waals surface area (Å²) in [5, 5.41) is 13.5. The number of carbonyl (C=O) groups is 3. The van der Waals surface area contributed by atoms with Crippen molar-refractivity contribution in [2.75, 3.05) is 5.32 Å². The Balaban J connectivity index is 2.56. The van der Waals surface area contributed by atoms with E-state index in [1.54, 1.807) is 0 Å². The molecule has 1 rings (SSSR count). The highest BCUT2D eigenvalue weighted by Crippen LogP contribution is 2.22. The van der Waals surface area contributed by atoms with Crippen LogP contribution in [-0.4, -0.2) is 34.0 Å². The molecule has 0 unspecified atom stereocenters. The second-order valence-corrected chi connectivity index (χ2v) is 5.54. The molecule has 0 saturated heterocycles. The van der Waals surface area contributed by atoms with Crippen LogP contribution >= 0.6 is 27.3 Å². The van der Waals surface area contributed by atoms with Crippen molar-refractivity contribution < 1.29 is 19.5 Å². The van der Waals surface area contributed by atoms with Crippen molar-refractivity contribution >= 4 is 50.3 Å². The van der Waals surface area contributed by atoms with Crippen LogP contribution in [0.3, 0.4) is 0 Å². The normalized spacial score (nSPS) is 11.6. The largest absolute Gasteiger partial charge is 0.480 e. The maximum atomic E-state index is 11.4. The van der Waals surface area contributed by atoms with Crippen LogP contribution in [0.5, 0.6) is 0 Å². The van der Waals surface area contributed by atoms with E-state index in [-0.39, 0.29) is 0 Å². The van der Waals surface area contributed by atoms with E-state index in [4.69, 9.17) is 10.8 Å². The van der Waals surface area contributed by atoms with E-state index in [9.17, 15) is 14.4 Å². The van der Waals surface area contributed by atoms with Crippen LogP contribution in [0.2, 0.25) is 0 Å². The fourth-order valence-corrected chi connectivity index (χ4v) is 2.11. The zero-order valence-corrected chi connectivity index (χ0v) is 11.2. The molecule has 1 heterocycles. The summed E-state index contributed by atoms with van der Waals surface area (Å²) in [6, 6.07) is -2.14. The summed E-state index contributed by atoms with van der Waals surface area (Å²) >= 11 is 4.32. The summed E-state index contributed by atoms with van der Waals surface area (Å²) < 4.78 is 0.713. The first-order valence-electron chi connectivity index (χ1n) is 4.58. The number of primary amides is 1. The first-order valence-corrected chi connectivity index (χ1v) is 6.19. The number of urea groups is 1. The van der Waals surface area contributed by atoms with Crippen molar-refractivity contribution in [1.82, 2.24) is 10.3 Å². The van der Waals surface area contributed by atoms with Crippen LogP contribution in [-0.2, 0) is 9.59 Å². The molecule has 10 heteroatoms. The molecule has 0 bridgehead atoms. The van der Waals surface area contributed by atoms with Gasteiger partial charge < -0.3 is 16.2 Å². The second-order valence-electron chi connectivity index (χ2n) is 3.13. The van der Waals surface area contributed by atoms with Gasteiger partial charge in [0.25, 0.3) is 0 Å². The number of carboxylic acids is 1. The zero-order chi connectivity index (χ0) is 13.7. The van der Waals surface area contributed by atoms with Crippen LogP contribution in [0, 0.1) is 0 Å². The summed E-state index contributed by atoms with van der Waals surface area (Å²) in [5.41, 5.74) is 4.87. The van der Waals surface area contributed by atoms with Gasteiger partial charge in [-0.05, 0) is 15.9 Å². The number of hydrogen-bond acceptors (Lipinski definition) is 5. The molecule has 98 valence electrons. The fraction of sp³-hybridized carbons (Fsp3) is 0.250. The smallest absolute Gasteiger partial charge is 0.326 e. The molecule has 0 saturated carbocycles. The minimum atomic E-state index is -1.37. The van der Waals surface area contributed by atoms with Crippen molar-refractivity contribution in [2.24, 2.45) is 5.73 Å². The van der Waals surface area contributed by atoms with Crippen LogP contribution in [0.1, 0.15) is 6.42 Å². The van der Waals surface area contributed by atoms with Gasteiger partial charge in [0, 0.05) is 0 Å². The maximum Gasteiger partial charge on any atom is 0.326 e. The van der Waals surface area contributed by atoms with E-state index in [0.29, 0.717) is 8.92 Å². The van der Waals surface area contributed by atoms with Crippen LogP contribution in [0.25, 0.3) is 0 Å². The van der Waals surface area contributed by atoms with Gasteiger partial charge in [0.05, 0.1) is 16.4 Å². The Morgan fingerprint density at radius 3 is 2.67 bits per heavy atom. The van der Waals surface area contributed by atoms with Gasteiger partial charge in [-0.1, -0.05) is 11.3 Å². The number of carbonyl (C=O) groups excluding carboxylic acids is 2. The summed E-state index contributed by atoms with van der Waals surface area (Å²) in [5.74, 6) is -2.16. The highest BCUT2D eigenvalue weighted by molar-refractivity contribution is 9.11. The average Bonchev–Trinajstić information content (AvgIpc) is 2.62. The maximum absolute atomic E-state index is 11.4. The monoisotopic (exact) mass is 336 g/mol. The van der Waals surface area contributed by atoms with Gasteiger partial charge in [-0.3, -0.25) is 10.1 Å². The summed E-state index contributed by atoms with van der Waals surface area (Å²) in [6.45, 7) is 0. The molecule has 0 aliphatic heterocycles. The number of nitrogens with two attached hydrogens (primary N) is 1. The van der Waals surface area contributed by atoms with Crippen LogP contribution < -0.4 is 16.4 Å². The summed E-state index contributed by atoms with van der Waals surface area (Å²) in [6.07, 6.45) is 1.00. The summed E-state index contributed by atoms with van der Waals surface area (Å²) in [7, 11) is 0. The molecule has 5 N–H and O–H groups in total. The average molecular weight is 337 g/mol. The number of halogens is 1. The molecule has 1 aromatic heterocycles. The SMILES string of the molecule is NC(=O)C[C@@H](NC(=O)Nc1ncc(Br)s1)C(=O)O. The number of nitrogens with zero attached hydrogens (tertiary/aromatic N) is 1. The van der Waals surface area contributed by atoms with E-state index in [1.165, 1.54) is 6.20 Å². The van der Waals surface area contributed by atoms with Gasteiger partial charge in [-0.15, -0.1) is 0 Å². The van der Waals surface area contributed by atoms with E-state index in [1.807, 2.05) is 0 Å². The fourth-order valence-electron chi connectivity index (χ4n) is 1.00. The van der Waals surface area contributed by atoms with Gasteiger partial charge in [0.1, 0.15) is 6.04 Å². The lowest BCUT2D eigenvalue weighted by Crippen LogP contribution is -2.45. The lowest BCUT2D eigenvalue weighted by Gasteiger charge is -2.12. The molecule has 0 radical (unpaired) electrons. The summed E-state index contributed by atoms with van der Waals surface area (Å²) in [4.78, 5) is 36.6. The van der Waals surface area contributed by atoms with E-state index in [2.05, 4.69) is 31.5 Å². The Morgan fingerprint density at radius 2 is 2.22 bits per heavy atom. The highest BCUT2D eigenvalue weighted by atomic mass is 79.9. The molecular formula is C8H9BrN4O4S. The molecular weight excluding hydrogens is 328 g/mol. The number of carboxylic acid groups (broad SMARTS) is 1. The first-order chi connectivity index (χ1) is 8.38. The molecule has 0 spiro atoms. The van der Waals surface area contributed by atoms with Crippen molar-refractivity contribution in [3.63, 3.8) is 0 Å². The van der Waals surface area contributed by atoms with Gasteiger partial charge in [0.2, 0.25) is 5.91 Å². The lowest BCUT2D eigenvalue weighted by atomic mass is 10.2. The topological polar surface area (TPSA) is 134 Å². The number of hydrogen-bond donors (Lipinski definition) is 4. The lowest BCUT2D eigenvalue weighted by molar-refractivity contribution is -0.140. The molecule has 0 fully saturated rings. The molecule has 0 aliphatic carbocycles. The zero-order valence-electron chi connectivity index (χ0n) is 8.84. The first kappa shape index (κ1) is 14.4. The second kappa shape index (κ2) is 6.31. The third kappa shape index (κ3) is 4.67. The van der Waals surface area contributed by atoms with Crippen molar-refractivity contribution in [1.29, 1.82) is 0 Å². The predicted molar refractivity (Wildman–Crippen MR) is 67.2 cm³/mol. The van der Waals surface area contributed by atoms with E-state index in [0.717, 1.165) is 11.3 Å². The Labute approximate surface area is 114 Å². The van der Waals surface area contributed by atoms with Gasteiger partial charge in [-0.2, -0.15) is 0 Å². The van der Waals surface area contributed by atoms with Crippen molar-refractivity contribution in [2.45, 2.75) is 12.5 Å². The van der Waals surface area contributed by atoms with Crippen molar-refractivity contribution in [3.05, 3.63) is 9.98 Å². The van der Waals surface area contributed by atoms with E-state index < -0.39 is 30.4 Å². The third-order valence-electron chi connectivity index (χ3n) is 1.71. The number of amides is 3. The molecule has 0 aliphatic rings. The Kier molecular flexibility index (Phi) is 5.04. The quantitative estimate of drug-likeness (QED) is 0.615. The van der Waals surface area contributed by atoms with Crippen LogP contribution in [0.4, 0.5) is 9.93 Å². The van der Waals surface area contributed by atoms with Gasteiger partial charge >= 0.3 is 12.0 Å². The van der Waals surface area contributed by atoms with Crippen molar-refractivity contribution in [3.8, 4) is 0 Å². The van der Waals surface area contributed by atoms with Crippen LogP contribution in [0.15, 0.2) is 9.98 Å². The molecule has 1 aromatic rings. The number of thiazole rings is 1. The number of rotatable bonds is 5. The number of nitrogens with one attached hydrogen (secondary N) is 2. The number of anilines is 1. The molecule has 3 amide bonds. The van der Waals surface area contributed by atoms with E-state index >= 15 is 0 Å². The highest BCUT2D eigenvalue weighted by Gasteiger charge is 2.22. The molecule has 0 aromatic carbocycles. The minimum Gasteiger partial charge on any atom is -0.480 e. The van der Waals surface area contributed by atoms with Gasteiger partial charge in [-0.25, -0.2) is 14.6 Å². The standard InChI is InChI=1S/C8H9BrN4O4S/c9-4-2-11-8(18-4)13-7(17)12-3(6(15)16)1-5(10)14/h2-3H,1H2,(H2,10,14)(H,15,16)(H2,11,12,13,17)/t3-/m1/s1. The molecule has 8 nitrogen and oxygen atoms in total. The molecule has 18 heavy (non-hydrogen) atoms. The Morgan fingerprint density at radius 1 is 1.56 bits per heavy atom. The Hall–Kier alpha value is -1.68.